The first kappa shape index (κ1) is 16.0. The standard InChI is InChI=1S/C17H23N3O3/c1-3-23-15-10-14(21)17(15)5-8-20(9-6-17)13-4-7-19-16(22-2)12(13)11-18/h4,7,14-15,21H,3,5-6,8-10H2,1-2H3/t14-,15+/m0/s1. The molecule has 124 valence electrons. The van der Waals surface area contributed by atoms with Gasteiger partial charge in [0, 0.05) is 37.7 Å². The number of hydrogen-bond acceptors (Lipinski definition) is 6. The van der Waals surface area contributed by atoms with E-state index in [0.717, 1.165) is 38.0 Å². The third-order valence-electron chi connectivity index (χ3n) is 5.34. The molecule has 1 spiro atoms. The van der Waals surface area contributed by atoms with Crippen molar-refractivity contribution in [2.75, 3.05) is 31.7 Å². The van der Waals surface area contributed by atoms with E-state index in [1.54, 1.807) is 6.20 Å². The summed E-state index contributed by atoms with van der Waals surface area (Å²) in [5.74, 6) is 0.362. The number of nitrogens with zero attached hydrogens (tertiary/aromatic N) is 3. The van der Waals surface area contributed by atoms with Crippen molar-refractivity contribution in [3.63, 3.8) is 0 Å². The maximum Gasteiger partial charge on any atom is 0.233 e. The SMILES string of the molecule is CCO[C@@H]1C[C@H](O)C12CCN(c1ccnc(OC)c1C#N)CC2. The van der Waals surface area contributed by atoms with Crippen LogP contribution in [0.4, 0.5) is 5.69 Å². The molecule has 23 heavy (non-hydrogen) atoms. The van der Waals surface area contributed by atoms with Crippen LogP contribution in [0.15, 0.2) is 12.3 Å². The first-order valence-electron chi connectivity index (χ1n) is 8.14. The van der Waals surface area contributed by atoms with E-state index in [-0.39, 0.29) is 17.6 Å². The predicted octanol–water partition coefficient (Wildman–Crippen LogP) is 1.72. The van der Waals surface area contributed by atoms with Crippen LogP contribution >= 0.6 is 0 Å². The fraction of sp³-hybridized carbons (Fsp3) is 0.647. The molecule has 2 heterocycles. The Morgan fingerprint density at radius 3 is 2.78 bits per heavy atom. The Morgan fingerprint density at radius 2 is 2.22 bits per heavy atom. The second kappa shape index (κ2) is 6.34. The van der Waals surface area contributed by atoms with Crippen LogP contribution in [-0.4, -0.2) is 49.1 Å². The summed E-state index contributed by atoms with van der Waals surface area (Å²) in [6, 6.07) is 4.05. The van der Waals surface area contributed by atoms with Gasteiger partial charge in [-0.2, -0.15) is 5.26 Å². The number of piperidine rings is 1. The number of aromatic nitrogens is 1. The van der Waals surface area contributed by atoms with Gasteiger partial charge in [-0.3, -0.25) is 0 Å². The molecule has 0 radical (unpaired) electrons. The van der Waals surface area contributed by atoms with E-state index in [4.69, 9.17) is 9.47 Å². The predicted molar refractivity (Wildman–Crippen MR) is 85.4 cm³/mol. The van der Waals surface area contributed by atoms with E-state index in [2.05, 4.69) is 16.0 Å². The van der Waals surface area contributed by atoms with E-state index in [1.807, 2.05) is 13.0 Å². The van der Waals surface area contributed by atoms with Crippen LogP contribution < -0.4 is 9.64 Å². The van der Waals surface area contributed by atoms with Crippen LogP contribution in [0.3, 0.4) is 0 Å². The lowest BCUT2D eigenvalue weighted by atomic mass is 9.58. The molecule has 6 heteroatoms. The molecule has 2 atom stereocenters. The smallest absolute Gasteiger partial charge is 0.233 e. The number of ether oxygens (including phenoxy) is 2. The zero-order valence-corrected chi connectivity index (χ0v) is 13.7. The quantitative estimate of drug-likeness (QED) is 0.911. The number of anilines is 1. The third-order valence-corrected chi connectivity index (χ3v) is 5.34. The summed E-state index contributed by atoms with van der Waals surface area (Å²) in [5.41, 5.74) is 1.22. The van der Waals surface area contributed by atoms with Crippen LogP contribution in [0.1, 0.15) is 31.7 Å². The van der Waals surface area contributed by atoms with Crippen LogP contribution in [0.2, 0.25) is 0 Å². The van der Waals surface area contributed by atoms with Gasteiger partial charge in [-0.05, 0) is 25.8 Å². The topological polar surface area (TPSA) is 78.6 Å². The minimum atomic E-state index is -0.274. The summed E-state index contributed by atoms with van der Waals surface area (Å²) in [6.45, 7) is 4.27. The minimum absolute atomic E-state index is 0.115. The summed E-state index contributed by atoms with van der Waals surface area (Å²) >= 11 is 0. The number of pyridine rings is 1. The molecule has 3 rings (SSSR count). The van der Waals surface area contributed by atoms with Crippen molar-refractivity contribution >= 4 is 5.69 Å². The van der Waals surface area contributed by atoms with Crippen molar-refractivity contribution in [3.8, 4) is 11.9 Å². The largest absolute Gasteiger partial charge is 0.480 e. The Kier molecular flexibility index (Phi) is 4.42. The van der Waals surface area contributed by atoms with Gasteiger partial charge in [-0.25, -0.2) is 4.98 Å². The Bertz CT molecular complexity index is 604. The van der Waals surface area contributed by atoms with Crippen molar-refractivity contribution in [3.05, 3.63) is 17.8 Å². The number of methoxy groups -OCH3 is 1. The van der Waals surface area contributed by atoms with Crippen LogP contribution in [0.25, 0.3) is 0 Å². The van der Waals surface area contributed by atoms with Gasteiger partial charge in [0.15, 0.2) is 0 Å². The molecule has 1 aliphatic carbocycles. The summed E-state index contributed by atoms with van der Waals surface area (Å²) in [5, 5.41) is 19.7. The number of aliphatic hydroxyl groups excluding tert-OH is 1. The Balaban J connectivity index is 1.76. The molecule has 1 aromatic heterocycles. The highest BCUT2D eigenvalue weighted by Gasteiger charge is 2.56. The van der Waals surface area contributed by atoms with Crippen LogP contribution in [-0.2, 0) is 4.74 Å². The van der Waals surface area contributed by atoms with Gasteiger partial charge in [0.05, 0.1) is 25.0 Å². The highest BCUT2D eigenvalue weighted by Crippen LogP contribution is 2.51. The number of aliphatic hydroxyl groups is 1. The third kappa shape index (κ3) is 2.54. The lowest BCUT2D eigenvalue weighted by Crippen LogP contribution is -2.62. The minimum Gasteiger partial charge on any atom is -0.480 e. The molecule has 1 N–H and O–H groups in total. The number of nitriles is 1. The summed E-state index contributed by atoms with van der Waals surface area (Å²) in [6.07, 6.45) is 4.03. The van der Waals surface area contributed by atoms with E-state index < -0.39 is 0 Å². The van der Waals surface area contributed by atoms with E-state index >= 15 is 0 Å². The zero-order valence-electron chi connectivity index (χ0n) is 13.7. The lowest BCUT2D eigenvalue weighted by molar-refractivity contribution is -0.199. The van der Waals surface area contributed by atoms with Crippen LogP contribution in [0.5, 0.6) is 5.88 Å². The average molecular weight is 317 g/mol. The Hall–Kier alpha value is -1.84. The first-order chi connectivity index (χ1) is 11.2. The van der Waals surface area contributed by atoms with Crippen molar-refractivity contribution in [2.45, 2.75) is 38.4 Å². The van der Waals surface area contributed by atoms with Gasteiger partial charge in [-0.1, -0.05) is 0 Å². The molecule has 2 fully saturated rings. The molecule has 0 unspecified atom stereocenters. The van der Waals surface area contributed by atoms with Gasteiger partial charge in [0.2, 0.25) is 5.88 Å². The number of hydrogen-bond donors (Lipinski definition) is 1. The van der Waals surface area contributed by atoms with Crippen molar-refractivity contribution in [2.24, 2.45) is 5.41 Å². The van der Waals surface area contributed by atoms with Crippen molar-refractivity contribution < 1.29 is 14.6 Å². The zero-order chi connectivity index (χ0) is 16.4. The van der Waals surface area contributed by atoms with Crippen molar-refractivity contribution in [1.82, 2.24) is 4.98 Å². The monoisotopic (exact) mass is 317 g/mol. The maximum atomic E-state index is 10.3. The molecule has 0 amide bonds. The average Bonchev–Trinajstić information content (AvgIpc) is 2.61. The lowest BCUT2D eigenvalue weighted by Gasteiger charge is -2.56. The van der Waals surface area contributed by atoms with E-state index in [1.165, 1.54) is 7.11 Å². The molecule has 6 nitrogen and oxygen atoms in total. The summed E-state index contributed by atoms with van der Waals surface area (Å²) in [4.78, 5) is 6.28. The van der Waals surface area contributed by atoms with E-state index in [9.17, 15) is 10.4 Å². The molecule has 1 saturated heterocycles. The Labute approximate surface area is 136 Å². The van der Waals surface area contributed by atoms with Gasteiger partial charge in [-0.15, -0.1) is 0 Å². The van der Waals surface area contributed by atoms with Gasteiger partial charge in [0.1, 0.15) is 11.6 Å². The highest BCUT2D eigenvalue weighted by molar-refractivity contribution is 5.63. The highest BCUT2D eigenvalue weighted by atomic mass is 16.5. The summed E-state index contributed by atoms with van der Waals surface area (Å²) in [7, 11) is 1.52. The second-order valence-electron chi connectivity index (χ2n) is 6.24. The molecule has 0 aromatic carbocycles. The van der Waals surface area contributed by atoms with E-state index in [0.29, 0.717) is 18.1 Å². The normalized spacial score (nSPS) is 25.7. The number of rotatable bonds is 4. The molecule has 1 aromatic rings. The Morgan fingerprint density at radius 1 is 1.48 bits per heavy atom. The molecule has 0 bridgehead atoms. The molecule has 1 aliphatic heterocycles. The summed E-state index contributed by atoms with van der Waals surface area (Å²) < 4.78 is 11.0. The van der Waals surface area contributed by atoms with Crippen LogP contribution in [0, 0.1) is 16.7 Å². The molecule has 1 saturated carbocycles. The molecular weight excluding hydrogens is 294 g/mol. The fourth-order valence-electron chi connectivity index (χ4n) is 3.94. The first-order valence-corrected chi connectivity index (χ1v) is 8.14. The second-order valence-corrected chi connectivity index (χ2v) is 6.24. The molecular formula is C17H23N3O3. The van der Waals surface area contributed by atoms with Gasteiger partial charge >= 0.3 is 0 Å². The molecule has 2 aliphatic rings. The maximum absolute atomic E-state index is 10.3. The van der Waals surface area contributed by atoms with Crippen molar-refractivity contribution in [1.29, 1.82) is 5.26 Å². The fourth-order valence-corrected chi connectivity index (χ4v) is 3.94. The van der Waals surface area contributed by atoms with Gasteiger partial charge < -0.3 is 19.5 Å². The van der Waals surface area contributed by atoms with Gasteiger partial charge in [0.25, 0.3) is 0 Å².